The molecule has 1 unspecified atom stereocenters. The molecule has 1 N–H and O–H groups in total. The van der Waals surface area contributed by atoms with Gasteiger partial charge in [-0.05, 0) is 19.8 Å². The summed E-state index contributed by atoms with van der Waals surface area (Å²) in [5, 5.41) is 2.84. The van der Waals surface area contributed by atoms with Crippen LogP contribution in [0.1, 0.15) is 19.8 Å². The van der Waals surface area contributed by atoms with Crippen LogP contribution in [-0.2, 0) is 4.79 Å². The van der Waals surface area contributed by atoms with Gasteiger partial charge in [0.05, 0.1) is 6.04 Å². The first kappa shape index (κ1) is 10.4. The predicted octanol–water partition coefficient (Wildman–Crippen LogP) is 0.556. The van der Waals surface area contributed by atoms with Crippen LogP contribution in [0.25, 0.3) is 0 Å². The summed E-state index contributed by atoms with van der Waals surface area (Å²) in [6.45, 7) is 3.36. The number of amides is 1. The number of halogens is 1. The molecule has 3 nitrogen and oxygen atoms in total. The highest BCUT2D eigenvalue weighted by atomic mass is 19.1. The molecule has 1 fully saturated rings. The molecule has 1 aliphatic heterocycles. The minimum atomic E-state index is -0.419. The summed E-state index contributed by atoms with van der Waals surface area (Å²) < 4.78 is 11.8. The zero-order valence-electron chi connectivity index (χ0n) is 8.05. The summed E-state index contributed by atoms with van der Waals surface area (Å²) in [5.41, 5.74) is 0. The Hall–Kier alpha value is -0.640. The Morgan fingerprint density at radius 2 is 2.15 bits per heavy atom. The molecule has 1 saturated heterocycles. The van der Waals surface area contributed by atoms with Crippen molar-refractivity contribution in [2.45, 2.75) is 25.8 Å². The van der Waals surface area contributed by atoms with E-state index in [4.69, 9.17) is 0 Å². The maximum atomic E-state index is 11.8. The first-order valence-corrected chi connectivity index (χ1v) is 4.84. The summed E-state index contributed by atoms with van der Waals surface area (Å²) in [6.07, 6.45) is 2.20. The Morgan fingerprint density at radius 3 is 2.69 bits per heavy atom. The second kappa shape index (κ2) is 5.17. The topological polar surface area (TPSA) is 32.3 Å². The molecule has 13 heavy (non-hydrogen) atoms. The number of likely N-dealkylation sites (tertiary alicyclic amines) is 1. The van der Waals surface area contributed by atoms with E-state index in [9.17, 15) is 9.18 Å². The number of alkyl halides is 1. The van der Waals surface area contributed by atoms with E-state index >= 15 is 0 Å². The molecule has 0 aliphatic carbocycles. The van der Waals surface area contributed by atoms with Crippen LogP contribution >= 0.6 is 0 Å². The average molecular weight is 188 g/mol. The smallest absolute Gasteiger partial charge is 0.239 e. The van der Waals surface area contributed by atoms with Crippen LogP contribution in [-0.4, -0.2) is 43.2 Å². The van der Waals surface area contributed by atoms with Crippen molar-refractivity contribution in [3.8, 4) is 0 Å². The molecule has 0 radical (unpaired) electrons. The van der Waals surface area contributed by atoms with Crippen molar-refractivity contribution in [3.05, 3.63) is 0 Å². The average Bonchev–Trinajstić information content (AvgIpc) is 2.65. The van der Waals surface area contributed by atoms with E-state index in [0.29, 0.717) is 0 Å². The van der Waals surface area contributed by atoms with Crippen LogP contribution in [0.5, 0.6) is 0 Å². The Balaban J connectivity index is 2.28. The highest BCUT2D eigenvalue weighted by Gasteiger charge is 2.22. The third kappa shape index (κ3) is 2.95. The van der Waals surface area contributed by atoms with Gasteiger partial charge in [0.2, 0.25) is 5.91 Å². The first-order valence-electron chi connectivity index (χ1n) is 4.84. The van der Waals surface area contributed by atoms with Crippen LogP contribution in [0.4, 0.5) is 4.39 Å². The van der Waals surface area contributed by atoms with Crippen LogP contribution in [0.15, 0.2) is 0 Å². The molecular formula is C9H17FN2O. The van der Waals surface area contributed by atoms with Gasteiger partial charge in [0, 0.05) is 19.6 Å². The van der Waals surface area contributed by atoms with Crippen molar-refractivity contribution >= 4 is 5.91 Å². The number of nitrogens with zero attached hydrogens (tertiary/aromatic N) is 1. The molecule has 0 bridgehead atoms. The molecule has 76 valence electrons. The van der Waals surface area contributed by atoms with Gasteiger partial charge in [-0.15, -0.1) is 0 Å². The maximum absolute atomic E-state index is 11.8. The lowest BCUT2D eigenvalue weighted by atomic mass is 10.3. The molecular weight excluding hydrogens is 171 g/mol. The lowest BCUT2D eigenvalue weighted by Gasteiger charge is -2.20. The highest BCUT2D eigenvalue weighted by molar-refractivity contribution is 5.81. The SMILES string of the molecule is CC(NCCF)C(=O)N1CCCC1. The van der Waals surface area contributed by atoms with Crippen LogP contribution < -0.4 is 5.32 Å². The molecule has 1 amide bonds. The Morgan fingerprint density at radius 1 is 1.54 bits per heavy atom. The van der Waals surface area contributed by atoms with Gasteiger partial charge < -0.3 is 10.2 Å². The lowest BCUT2D eigenvalue weighted by Crippen LogP contribution is -2.44. The quantitative estimate of drug-likeness (QED) is 0.699. The van der Waals surface area contributed by atoms with E-state index in [1.807, 2.05) is 4.90 Å². The monoisotopic (exact) mass is 188 g/mol. The summed E-state index contributed by atoms with van der Waals surface area (Å²) in [4.78, 5) is 13.4. The molecule has 1 rings (SSSR count). The fraction of sp³-hybridized carbons (Fsp3) is 0.889. The van der Waals surface area contributed by atoms with E-state index in [0.717, 1.165) is 25.9 Å². The van der Waals surface area contributed by atoms with Crippen molar-refractivity contribution in [1.29, 1.82) is 0 Å². The Kier molecular flexibility index (Phi) is 4.15. The molecule has 4 heteroatoms. The van der Waals surface area contributed by atoms with Crippen molar-refractivity contribution < 1.29 is 9.18 Å². The fourth-order valence-corrected chi connectivity index (χ4v) is 1.57. The molecule has 1 heterocycles. The van der Waals surface area contributed by atoms with E-state index in [-0.39, 0.29) is 18.5 Å². The van der Waals surface area contributed by atoms with Crippen molar-refractivity contribution in [3.63, 3.8) is 0 Å². The number of hydrogen-bond acceptors (Lipinski definition) is 2. The number of hydrogen-bond donors (Lipinski definition) is 1. The van der Waals surface area contributed by atoms with Gasteiger partial charge in [-0.3, -0.25) is 4.79 Å². The van der Waals surface area contributed by atoms with Gasteiger partial charge in [0.15, 0.2) is 0 Å². The summed E-state index contributed by atoms with van der Waals surface area (Å²) >= 11 is 0. The Labute approximate surface area is 78.3 Å². The summed E-state index contributed by atoms with van der Waals surface area (Å²) in [6, 6.07) is -0.242. The highest BCUT2D eigenvalue weighted by Crippen LogP contribution is 2.08. The normalized spacial score (nSPS) is 19.1. The summed E-state index contributed by atoms with van der Waals surface area (Å²) in [7, 11) is 0. The molecule has 0 aromatic carbocycles. The van der Waals surface area contributed by atoms with E-state index in [1.54, 1.807) is 6.92 Å². The van der Waals surface area contributed by atoms with E-state index in [2.05, 4.69) is 5.32 Å². The standard InChI is InChI=1S/C9H17FN2O/c1-8(11-5-4-10)9(13)12-6-2-3-7-12/h8,11H,2-7H2,1H3. The number of rotatable bonds is 4. The maximum Gasteiger partial charge on any atom is 0.239 e. The molecule has 0 spiro atoms. The zero-order valence-corrected chi connectivity index (χ0v) is 8.05. The first-order chi connectivity index (χ1) is 6.25. The van der Waals surface area contributed by atoms with Gasteiger partial charge in [-0.25, -0.2) is 4.39 Å². The zero-order chi connectivity index (χ0) is 9.68. The molecule has 0 saturated carbocycles. The number of nitrogens with one attached hydrogen (secondary N) is 1. The Bertz CT molecular complexity index is 169. The second-order valence-electron chi connectivity index (χ2n) is 3.40. The van der Waals surface area contributed by atoms with Gasteiger partial charge in [-0.1, -0.05) is 0 Å². The number of carbonyl (C=O) groups excluding carboxylic acids is 1. The molecule has 0 aromatic rings. The van der Waals surface area contributed by atoms with Crippen LogP contribution in [0.2, 0.25) is 0 Å². The second-order valence-corrected chi connectivity index (χ2v) is 3.40. The van der Waals surface area contributed by atoms with Gasteiger partial charge in [0.1, 0.15) is 6.67 Å². The van der Waals surface area contributed by atoms with Crippen LogP contribution in [0, 0.1) is 0 Å². The summed E-state index contributed by atoms with van der Waals surface area (Å²) in [5.74, 6) is 0.103. The number of carbonyl (C=O) groups is 1. The van der Waals surface area contributed by atoms with Gasteiger partial charge in [0.25, 0.3) is 0 Å². The van der Waals surface area contributed by atoms with Crippen LogP contribution in [0.3, 0.4) is 0 Å². The molecule has 0 aromatic heterocycles. The lowest BCUT2D eigenvalue weighted by molar-refractivity contribution is -0.131. The van der Waals surface area contributed by atoms with Crippen molar-refractivity contribution in [2.75, 3.05) is 26.3 Å². The third-order valence-electron chi connectivity index (χ3n) is 2.33. The van der Waals surface area contributed by atoms with E-state index in [1.165, 1.54) is 0 Å². The predicted molar refractivity (Wildman–Crippen MR) is 49.3 cm³/mol. The third-order valence-corrected chi connectivity index (χ3v) is 2.33. The van der Waals surface area contributed by atoms with Crippen molar-refractivity contribution in [1.82, 2.24) is 10.2 Å². The van der Waals surface area contributed by atoms with E-state index < -0.39 is 6.67 Å². The van der Waals surface area contributed by atoms with Gasteiger partial charge >= 0.3 is 0 Å². The minimum Gasteiger partial charge on any atom is -0.341 e. The van der Waals surface area contributed by atoms with Crippen molar-refractivity contribution in [2.24, 2.45) is 0 Å². The van der Waals surface area contributed by atoms with Gasteiger partial charge in [-0.2, -0.15) is 0 Å². The molecule has 1 aliphatic rings. The fourth-order valence-electron chi connectivity index (χ4n) is 1.57. The molecule has 1 atom stereocenters. The minimum absolute atomic E-state index is 0.103. The largest absolute Gasteiger partial charge is 0.341 e.